The predicted molar refractivity (Wildman–Crippen MR) is 101 cm³/mol. The lowest BCUT2D eigenvalue weighted by molar-refractivity contribution is 0.148. The van der Waals surface area contributed by atoms with Crippen LogP contribution in [0.5, 0.6) is 0 Å². The van der Waals surface area contributed by atoms with Crippen LogP contribution in [0.3, 0.4) is 0 Å². The number of aromatic amines is 2. The van der Waals surface area contributed by atoms with Gasteiger partial charge in [0.2, 0.25) is 0 Å². The van der Waals surface area contributed by atoms with Gasteiger partial charge < -0.3 is 4.98 Å². The Morgan fingerprint density at radius 1 is 0.920 bits per heavy atom. The third-order valence-corrected chi connectivity index (χ3v) is 6.49. The average molecular weight is 409 g/mol. The number of fused-ring (bicyclic) bond motifs is 1. The van der Waals surface area contributed by atoms with E-state index in [-0.39, 0.29) is 17.3 Å². The zero-order valence-electron chi connectivity index (χ0n) is 14.4. The summed E-state index contributed by atoms with van der Waals surface area (Å²) in [6.45, 7) is 0. The molecule has 4 rings (SSSR count). The topological polar surface area (TPSA) is 83.5 Å². The number of nitrogens with zero attached hydrogens (tertiary/aromatic N) is 2. The van der Waals surface area contributed by atoms with Crippen LogP contribution in [0.1, 0.15) is 70.3 Å². The van der Waals surface area contributed by atoms with Gasteiger partial charge in [0.05, 0.1) is 0 Å². The van der Waals surface area contributed by atoms with Crippen molar-refractivity contribution >= 4 is 27.1 Å². The van der Waals surface area contributed by atoms with Gasteiger partial charge in [-0.1, -0.05) is 38.5 Å². The van der Waals surface area contributed by atoms with Crippen LogP contribution in [0.2, 0.25) is 0 Å². The van der Waals surface area contributed by atoms with Crippen LogP contribution in [0.4, 0.5) is 0 Å². The maximum atomic E-state index is 12.8. The summed E-state index contributed by atoms with van der Waals surface area (Å²) < 4.78 is 2.31. The molecule has 2 saturated carbocycles. The lowest BCUT2D eigenvalue weighted by Crippen LogP contribution is -2.40. The second kappa shape index (κ2) is 7.09. The van der Waals surface area contributed by atoms with E-state index in [1.807, 2.05) is 4.57 Å². The normalized spacial score (nSPS) is 20.6. The van der Waals surface area contributed by atoms with Crippen molar-refractivity contribution in [2.24, 2.45) is 11.8 Å². The summed E-state index contributed by atoms with van der Waals surface area (Å²) in [7, 11) is 0. The highest BCUT2D eigenvalue weighted by Crippen LogP contribution is 2.42. The number of hydrogen-bond acceptors (Lipinski definition) is 3. The van der Waals surface area contributed by atoms with E-state index < -0.39 is 0 Å². The molecule has 2 aliphatic rings. The monoisotopic (exact) mass is 408 g/mol. The number of halogens is 1. The summed E-state index contributed by atoms with van der Waals surface area (Å²) in [5.41, 5.74) is 0.197. The fourth-order valence-electron chi connectivity index (χ4n) is 5.02. The fraction of sp³-hybridized carbons (Fsp3) is 0.722. The maximum Gasteiger partial charge on any atom is 0.330 e. The Bertz CT molecular complexity index is 838. The molecule has 0 spiro atoms. The quantitative estimate of drug-likeness (QED) is 0.755. The second-order valence-electron chi connectivity index (χ2n) is 7.64. The third-order valence-electron chi connectivity index (χ3n) is 6.11. The zero-order chi connectivity index (χ0) is 17.4. The molecule has 2 aromatic rings. The van der Waals surface area contributed by atoms with Gasteiger partial charge in [-0.3, -0.25) is 14.3 Å². The highest BCUT2D eigenvalue weighted by atomic mass is 79.9. The summed E-state index contributed by atoms with van der Waals surface area (Å²) in [4.78, 5) is 34.9. The first-order chi connectivity index (χ1) is 12.1. The summed E-state index contributed by atoms with van der Waals surface area (Å²) in [5.74, 6) is 0.998. The molecule has 25 heavy (non-hydrogen) atoms. The standard InChI is InChI=1S/C18H25BrN4O2/c19-17-20-13-15(21-17)23(18(25)22-16(13)24)14(11-7-3-1-4-8-11)12-9-5-2-6-10-12/h11-12,14H,1-10H2,(H,20,21)(H,22,24,25). The van der Waals surface area contributed by atoms with E-state index >= 15 is 0 Å². The molecule has 2 aromatic heterocycles. The van der Waals surface area contributed by atoms with Crippen molar-refractivity contribution in [3.05, 3.63) is 25.6 Å². The number of imidazole rings is 1. The minimum atomic E-state index is -0.388. The molecule has 136 valence electrons. The van der Waals surface area contributed by atoms with Gasteiger partial charge >= 0.3 is 5.69 Å². The molecule has 0 aromatic carbocycles. The summed E-state index contributed by atoms with van der Waals surface area (Å²) in [5, 5.41) is 0. The smallest absolute Gasteiger partial charge is 0.327 e. The van der Waals surface area contributed by atoms with Crippen molar-refractivity contribution in [3.8, 4) is 0 Å². The molecule has 0 aliphatic heterocycles. The Balaban J connectivity index is 1.87. The van der Waals surface area contributed by atoms with Crippen LogP contribution in [0.25, 0.3) is 11.2 Å². The average Bonchev–Trinajstić information content (AvgIpc) is 3.02. The first-order valence-corrected chi connectivity index (χ1v) is 10.3. The van der Waals surface area contributed by atoms with E-state index in [2.05, 4.69) is 30.9 Å². The molecule has 2 aliphatic carbocycles. The van der Waals surface area contributed by atoms with E-state index in [4.69, 9.17) is 0 Å². The molecule has 7 heteroatoms. The van der Waals surface area contributed by atoms with Crippen molar-refractivity contribution in [1.29, 1.82) is 0 Å². The van der Waals surface area contributed by atoms with E-state index in [1.54, 1.807) is 0 Å². The molecule has 2 heterocycles. The first-order valence-electron chi connectivity index (χ1n) is 9.55. The first kappa shape index (κ1) is 17.1. The van der Waals surface area contributed by atoms with Crippen molar-refractivity contribution in [1.82, 2.24) is 19.5 Å². The van der Waals surface area contributed by atoms with Crippen LogP contribution in [0.15, 0.2) is 14.3 Å². The minimum absolute atomic E-state index is 0.141. The third kappa shape index (κ3) is 3.23. The number of H-pyrrole nitrogens is 2. The van der Waals surface area contributed by atoms with Crippen LogP contribution < -0.4 is 11.2 Å². The molecular weight excluding hydrogens is 384 g/mol. The molecular formula is C18H25BrN4O2. The molecule has 0 atom stereocenters. The maximum absolute atomic E-state index is 12.8. The molecule has 0 saturated heterocycles. The second-order valence-corrected chi connectivity index (χ2v) is 8.39. The van der Waals surface area contributed by atoms with Gasteiger partial charge in [0, 0.05) is 6.04 Å². The molecule has 2 N–H and O–H groups in total. The van der Waals surface area contributed by atoms with Crippen molar-refractivity contribution in [2.45, 2.75) is 70.3 Å². The lowest BCUT2D eigenvalue weighted by atomic mass is 9.73. The Labute approximate surface area is 154 Å². The van der Waals surface area contributed by atoms with Crippen LogP contribution in [0, 0.1) is 11.8 Å². The molecule has 0 amide bonds. The molecule has 2 fully saturated rings. The highest BCUT2D eigenvalue weighted by molar-refractivity contribution is 9.10. The number of rotatable bonds is 3. The van der Waals surface area contributed by atoms with Crippen LogP contribution >= 0.6 is 15.9 Å². The summed E-state index contributed by atoms with van der Waals surface area (Å²) >= 11 is 3.32. The summed E-state index contributed by atoms with van der Waals surface area (Å²) in [6.07, 6.45) is 12.2. The van der Waals surface area contributed by atoms with Crippen molar-refractivity contribution < 1.29 is 0 Å². The summed E-state index contributed by atoms with van der Waals surface area (Å²) in [6, 6.07) is 0.141. The van der Waals surface area contributed by atoms with Gasteiger partial charge in [-0.25, -0.2) is 9.78 Å². The highest BCUT2D eigenvalue weighted by Gasteiger charge is 2.35. The van der Waals surface area contributed by atoms with Gasteiger partial charge in [0.1, 0.15) is 0 Å². The van der Waals surface area contributed by atoms with Crippen molar-refractivity contribution in [3.63, 3.8) is 0 Å². The van der Waals surface area contributed by atoms with Gasteiger partial charge in [0.15, 0.2) is 15.9 Å². The molecule has 0 bridgehead atoms. The van der Waals surface area contributed by atoms with Crippen molar-refractivity contribution in [2.75, 3.05) is 0 Å². The Hall–Kier alpha value is -1.37. The predicted octanol–water partition coefficient (Wildman–Crippen LogP) is 3.88. The van der Waals surface area contributed by atoms with E-state index in [9.17, 15) is 9.59 Å². The Kier molecular flexibility index (Phi) is 4.84. The number of nitrogens with one attached hydrogen (secondary N) is 2. The van der Waals surface area contributed by atoms with E-state index in [0.29, 0.717) is 27.7 Å². The Morgan fingerprint density at radius 2 is 1.48 bits per heavy atom. The lowest BCUT2D eigenvalue weighted by Gasteiger charge is -2.38. The SMILES string of the molecule is O=c1[nH]c(=O)n(C(C2CCCCC2)C2CCCCC2)c2nc(Br)[nH]c12. The van der Waals surface area contributed by atoms with Gasteiger partial charge in [0.25, 0.3) is 5.56 Å². The Morgan fingerprint density at radius 3 is 2.04 bits per heavy atom. The largest absolute Gasteiger partial charge is 0.330 e. The number of hydrogen-bond donors (Lipinski definition) is 2. The zero-order valence-corrected chi connectivity index (χ0v) is 16.0. The van der Waals surface area contributed by atoms with E-state index in [0.717, 1.165) is 0 Å². The van der Waals surface area contributed by atoms with E-state index in [1.165, 1.54) is 64.2 Å². The molecule has 0 unspecified atom stereocenters. The van der Waals surface area contributed by atoms with Crippen LogP contribution in [-0.2, 0) is 0 Å². The van der Waals surface area contributed by atoms with Gasteiger partial charge in [-0.15, -0.1) is 0 Å². The molecule has 0 radical (unpaired) electrons. The van der Waals surface area contributed by atoms with Crippen LogP contribution in [-0.4, -0.2) is 19.5 Å². The number of aromatic nitrogens is 4. The van der Waals surface area contributed by atoms with Gasteiger partial charge in [-0.05, 0) is 53.4 Å². The molecule has 6 nitrogen and oxygen atoms in total. The minimum Gasteiger partial charge on any atom is -0.327 e. The van der Waals surface area contributed by atoms with Gasteiger partial charge in [-0.2, -0.15) is 0 Å². The fourth-order valence-corrected chi connectivity index (χ4v) is 5.39.